The quantitative estimate of drug-likeness (QED) is 0.0426. The third kappa shape index (κ3) is 26.9. The summed E-state index contributed by atoms with van der Waals surface area (Å²) in [5, 5.41) is 54.6. The molecule has 4 saturated heterocycles. The average Bonchev–Trinajstić information content (AvgIpc) is 1.60. The van der Waals surface area contributed by atoms with Gasteiger partial charge >= 0.3 is 0 Å². The third-order valence-corrected chi connectivity index (χ3v) is 35.3. The van der Waals surface area contributed by atoms with Crippen LogP contribution in [-0.4, -0.2) is 182 Å². The molecule has 4 heterocycles. The molecule has 32 heteroatoms. The SMILES string of the molecule is CN1CC2CCC[C@@]2(c2ccc(Cl)c(Cl)c2)C1.CN1C[C@@H]2CCC[C@]2(c2ccc(Cl)c(Cl)c2)C1.CNC[C@@]1(c2ccc(Cl)c(Cl)c2)CCC[C@H]1CO.CNC[C@@]1(c2ccc(Cl)c(Cl)c2)CCC[C@H]1CO.CNC[C@]1(c2ccc(Cl)c(Cl)c2)CCCC1CO.CS(=O)(=O)Cl.CS(=O)(=O)Cl.Clc1ccc([C@@]23CCCC2CNC3)cc1Cl.Clc1ccc([C@]23CCC[C@H]2CNC3)cc1Cl. The lowest BCUT2D eigenvalue weighted by atomic mass is 9.72. The Morgan fingerprint density at radius 1 is 0.323 bits per heavy atom. The summed E-state index contributed by atoms with van der Waals surface area (Å²) in [5.41, 5.74) is 10.3. The lowest BCUT2D eigenvalue weighted by Crippen LogP contribution is -2.41. The summed E-state index contributed by atoms with van der Waals surface area (Å²) in [6.07, 6.45) is 27.6. The number of benzene rings is 7. The lowest BCUT2D eigenvalue weighted by molar-refractivity contribution is 0.169. The molecule has 7 aliphatic carbocycles. The fourth-order valence-electron chi connectivity index (χ4n) is 24.2. The maximum absolute atomic E-state index is 9.63. The maximum atomic E-state index is 9.63. The van der Waals surface area contributed by atoms with Gasteiger partial charge in [-0.2, -0.15) is 0 Å². The Morgan fingerprint density at radius 2 is 0.531 bits per heavy atom. The van der Waals surface area contributed by atoms with Gasteiger partial charge in [0.25, 0.3) is 0 Å². The van der Waals surface area contributed by atoms with Gasteiger partial charge in [0.1, 0.15) is 0 Å². The minimum Gasteiger partial charge on any atom is -0.396 e. The van der Waals surface area contributed by atoms with Crippen LogP contribution in [0.15, 0.2) is 127 Å². The van der Waals surface area contributed by atoms with E-state index in [9.17, 15) is 32.2 Å². The number of rotatable bonds is 16. The normalized spacial score (nSPS) is 29.1. The molecular weight excluding hydrogens is 2020 g/mol. The molecule has 720 valence electrons. The number of fused-ring (bicyclic) bond motifs is 4. The number of hydrogen-bond acceptors (Lipinski definition) is 14. The van der Waals surface area contributed by atoms with Gasteiger partial charge in [0.05, 0.1) is 82.8 Å². The molecule has 7 aromatic rings. The van der Waals surface area contributed by atoms with E-state index in [4.69, 9.17) is 162 Å². The Balaban J connectivity index is 0.000000155. The van der Waals surface area contributed by atoms with Crippen LogP contribution in [0.3, 0.4) is 0 Å². The van der Waals surface area contributed by atoms with E-state index in [0.717, 1.165) is 153 Å². The van der Waals surface area contributed by atoms with Gasteiger partial charge in [0, 0.05) is 138 Å². The first-order valence-corrected chi connectivity index (χ1v) is 55.8. The van der Waals surface area contributed by atoms with Crippen molar-refractivity contribution in [2.24, 2.45) is 41.4 Å². The van der Waals surface area contributed by atoms with Gasteiger partial charge in [0.2, 0.25) is 18.1 Å². The molecule has 4 aliphatic heterocycles. The zero-order valence-corrected chi connectivity index (χ0v) is 88.9. The van der Waals surface area contributed by atoms with E-state index < -0.39 is 18.1 Å². The molecule has 8 N–H and O–H groups in total. The maximum Gasteiger partial charge on any atom is 0.229 e. The zero-order valence-electron chi connectivity index (χ0n) is 75.1. The van der Waals surface area contributed by atoms with E-state index in [1.165, 1.54) is 129 Å². The van der Waals surface area contributed by atoms with Gasteiger partial charge in [-0.15, -0.1) is 0 Å². The fraction of sp³-hybridized carbons (Fsp3) is 0.571. The molecule has 0 radical (unpaired) electrons. The molecule has 7 saturated carbocycles. The highest BCUT2D eigenvalue weighted by Gasteiger charge is 2.53. The third-order valence-electron chi connectivity index (χ3n) is 30.1. The van der Waals surface area contributed by atoms with Crippen LogP contribution in [-0.2, 0) is 56.0 Å². The monoisotopic (exact) mass is 2140 g/mol. The van der Waals surface area contributed by atoms with Crippen molar-refractivity contribution >= 4 is 202 Å². The molecule has 7 aromatic carbocycles. The number of aliphatic hydroxyl groups is 3. The van der Waals surface area contributed by atoms with Crippen molar-refractivity contribution in [1.29, 1.82) is 0 Å². The number of nitrogens with one attached hydrogen (secondary N) is 5. The molecule has 18 rings (SSSR count). The highest BCUT2D eigenvalue weighted by atomic mass is 35.7. The first-order valence-electron chi connectivity index (χ1n) is 45.1. The van der Waals surface area contributed by atoms with Gasteiger partial charge in [0.15, 0.2) is 0 Å². The molecule has 0 bridgehead atoms. The van der Waals surface area contributed by atoms with Crippen molar-refractivity contribution in [2.45, 2.75) is 173 Å². The van der Waals surface area contributed by atoms with Gasteiger partial charge in [-0.25, -0.2) is 16.8 Å². The Bertz CT molecular complexity index is 4740. The van der Waals surface area contributed by atoms with Crippen LogP contribution in [0.4, 0.5) is 0 Å². The Kier molecular flexibility index (Phi) is 42.0. The fourth-order valence-corrected chi connectivity index (χ4v) is 26.3. The van der Waals surface area contributed by atoms with Crippen LogP contribution < -0.4 is 26.6 Å². The smallest absolute Gasteiger partial charge is 0.229 e. The van der Waals surface area contributed by atoms with E-state index in [1.807, 2.05) is 100 Å². The topological polar surface area (TPSA) is 196 Å². The number of hydrogen-bond donors (Lipinski definition) is 8. The highest BCUT2D eigenvalue weighted by Crippen LogP contribution is 2.56. The summed E-state index contributed by atoms with van der Waals surface area (Å²) < 4.78 is 37.6. The zero-order chi connectivity index (χ0) is 95.0. The summed E-state index contributed by atoms with van der Waals surface area (Å²) in [4.78, 5) is 4.90. The minimum atomic E-state index is -3.19. The molecule has 0 aromatic heterocycles. The van der Waals surface area contributed by atoms with Crippen molar-refractivity contribution in [3.05, 3.63) is 237 Å². The first kappa shape index (κ1) is 111. The summed E-state index contributed by atoms with van der Waals surface area (Å²) in [7, 11) is 12.9. The van der Waals surface area contributed by atoms with Gasteiger partial charge in [-0.1, -0.05) is 250 Å². The van der Waals surface area contributed by atoms with Crippen LogP contribution in [0.1, 0.15) is 174 Å². The van der Waals surface area contributed by atoms with Gasteiger partial charge in [-0.3, -0.25) is 0 Å². The van der Waals surface area contributed by atoms with Crippen molar-refractivity contribution in [3.8, 4) is 0 Å². The second kappa shape index (κ2) is 49.4. The van der Waals surface area contributed by atoms with Crippen molar-refractivity contribution in [1.82, 2.24) is 36.4 Å². The van der Waals surface area contributed by atoms with E-state index >= 15 is 0 Å². The number of halogens is 16. The molecule has 14 atom stereocenters. The molecule has 0 amide bonds. The van der Waals surface area contributed by atoms with Gasteiger partial charge in [-0.05, 0) is 304 Å². The largest absolute Gasteiger partial charge is 0.396 e. The molecule has 14 nitrogen and oxygen atoms in total. The highest BCUT2D eigenvalue weighted by molar-refractivity contribution is 8.13. The molecular formula is C98H127Cl16N7O7S2. The van der Waals surface area contributed by atoms with Gasteiger partial charge < -0.3 is 51.7 Å². The molecule has 130 heavy (non-hydrogen) atoms. The summed E-state index contributed by atoms with van der Waals surface area (Å²) in [5.74, 6) is 4.04. The van der Waals surface area contributed by atoms with Crippen LogP contribution in [0.25, 0.3) is 0 Å². The van der Waals surface area contributed by atoms with E-state index in [-0.39, 0.29) is 36.1 Å². The minimum absolute atomic E-state index is 0.0161. The molecule has 11 fully saturated rings. The summed E-state index contributed by atoms with van der Waals surface area (Å²) in [6.45, 7) is 12.5. The van der Waals surface area contributed by atoms with Crippen LogP contribution >= 0.6 is 184 Å². The Labute approximate surface area is 852 Å². The molecule has 11 aliphatic rings. The molecule has 0 spiro atoms. The number of likely N-dealkylation sites (N-methyl/N-ethyl adjacent to an activating group) is 5. The predicted molar refractivity (Wildman–Crippen MR) is 554 cm³/mol. The Morgan fingerprint density at radius 3 is 0.762 bits per heavy atom. The summed E-state index contributed by atoms with van der Waals surface area (Å²) >= 11 is 84.9. The predicted octanol–water partition coefficient (Wildman–Crippen LogP) is 25.3. The van der Waals surface area contributed by atoms with Crippen LogP contribution in [0.5, 0.6) is 0 Å². The van der Waals surface area contributed by atoms with Crippen LogP contribution in [0.2, 0.25) is 70.3 Å². The second-order valence-corrected chi connectivity index (χ2v) is 49.6. The molecule has 3 unspecified atom stereocenters. The number of aliphatic hydroxyl groups excluding tert-OH is 3. The van der Waals surface area contributed by atoms with Crippen molar-refractivity contribution < 1.29 is 32.2 Å². The second-order valence-electron chi connectivity index (χ2n) is 37.8. The number of nitrogens with zero attached hydrogens (tertiary/aromatic N) is 2. The van der Waals surface area contributed by atoms with Crippen molar-refractivity contribution in [3.63, 3.8) is 0 Å². The summed E-state index contributed by atoms with van der Waals surface area (Å²) in [6, 6.07) is 42.2. The number of likely N-dealkylation sites (tertiary alicyclic amines) is 2. The Hall–Kier alpha value is -1.32. The van der Waals surface area contributed by atoms with Crippen LogP contribution in [0, 0.1) is 41.4 Å². The standard InChI is InChI=1S/3C14H19Cl2NO.2C14H17Cl2N.2C13H15Cl2N.2CH3ClO2S/c3*1-17-9-14(6-2-3-11(14)8-18)10-4-5-12(15)13(16)7-10;2*1-17-8-11-3-2-6-14(11,9-17)10-4-5-12(15)13(16)7-10;2*14-11-4-3-9(6-12(11)15)13-5-1-2-10(13)7-16-8-13;2*1-5(2,3)4/h3*4-5,7,11,17-18H,2-3,6,8-9H2,1H3;2*4-5,7,11H,2-3,6,8-9H2,1H3;2*3-4,6,10,16H,1-2,5,7-8H2;2*1H3/t11?,14-;2*11-,14+;11?,14-;11-,14+;10?,13-;10-,13+;;/m0000000../s1. The first-order chi connectivity index (χ1) is 61.6. The average molecular weight is 2150 g/mol. The van der Waals surface area contributed by atoms with Crippen molar-refractivity contribution in [2.75, 3.05) is 140 Å². The lowest BCUT2D eigenvalue weighted by Gasteiger charge is -2.35. The van der Waals surface area contributed by atoms with E-state index in [1.54, 1.807) is 0 Å². The van der Waals surface area contributed by atoms with E-state index in [0.29, 0.717) is 110 Å². The van der Waals surface area contributed by atoms with E-state index in [2.05, 4.69) is 120 Å².